The average molecular weight is 317 g/mol. The number of rotatable bonds is 4. The Bertz CT molecular complexity index is 650. The molecule has 0 aliphatic carbocycles. The van der Waals surface area contributed by atoms with Crippen LogP contribution >= 0.6 is 11.3 Å². The number of nitrogens with one attached hydrogen (secondary N) is 1. The fraction of sp³-hybridized carbons (Fsp3) is 0.375. The van der Waals surface area contributed by atoms with Gasteiger partial charge in [0.2, 0.25) is 0 Å². The summed E-state index contributed by atoms with van der Waals surface area (Å²) in [5.41, 5.74) is 2.05. The Morgan fingerprint density at radius 2 is 2.23 bits per heavy atom. The Labute approximate surface area is 133 Å². The van der Waals surface area contributed by atoms with Crippen molar-refractivity contribution in [3.05, 3.63) is 45.8 Å². The van der Waals surface area contributed by atoms with Gasteiger partial charge in [0.15, 0.2) is 0 Å². The average Bonchev–Trinajstić information content (AvgIpc) is 3.00. The van der Waals surface area contributed by atoms with Crippen LogP contribution in [0.1, 0.15) is 20.8 Å². The summed E-state index contributed by atoms with van der Waals surface area (Å²) in [7, 11) is 0. The van der Waals surface area contributed by atoms with E-state index in [-0.39, 0.29) is 5.91 Å². The summed E-state index contributed by atoms with van der Waals surface area (Å²) < 4.78 is 5.38. The zero-order valence-electron chi connectivity index (χ0n) is 12.5. The Morgan fingerprint density at radius 3 is 2.95 bits per heavy atom. The lowest BCUT2D eigenvalue weighted by molar-refractivity contribution is 0.0954. The van der Waals surface area contributed by atoms with Gasteiger partial charge in [0.05, 0.1) is 18.1 Å². The fourth-order valence-corrected chi connectivity index (χ4v) is 3.33. The Hall–Kier alpha value is -1.92. The highest BCUT2D eigenvalue weighted by molar-refractivity contribution is 7.12. The molecular weight excluding hydrogens is 298 g/mol. The fourth-order valence-electron chi connectivity index (χ4n) is 2.49. The number of anilines is 1. The first kappa shape index (κ1) is 15.0. The third-order valence-corrected chi connectivity index (χ3v) is 4.70. The van der Waals surface area contributed by atoms with E-state index in [0.29, 0.717) is 6.54 Å². The van der Waals surface area contributed by atoms with Crippen LogP contribution in [-0.4, -0.2) is 37.2 Å². The lowest BCUT2D eigenvalue weighted by Gasteiger charge is -2.29. The van der Waals surface area contributed by atoms with Gasteiger partial charge in [-0.15, -0.1) is 11.3 Å². The molecule has 116 valence electrons. The number of morpholine rings is 1. The number of aromatic nitrogens is 1. The van der Waals surface area contributed by atoms with Crippen molar-refractivity contribution >= 4 is 23.1 Å². The van der Waals surface area contributed by atoms with Crippen molar-refractivity contribution in [1.29, 1.82) is 0 Å². The first-order chi connectivity index (χ1) is 10.8. The van der Waals surface area contributed by atoms with Crippen molar-refractivity contribution in [2.75, 3.05) is 31.2 Å². The molecule has 0 atom stereocenters. The summed E-state index contributed by atoms with van der Waals surface area (Å²) in [6, 6.07) is 5.88. The van der Waals surface area contributed by atoms with E-state index in [4.69, 9.17) is 4.74 Å². The molecule has 5 nitrogen and oxygen atoms in total. The number of hydrogen-bond donors (Lipinski definition) is 1. The molecule has 1 N–H and O–H groups in total. The molecule has 2 aromatic heterocycles. The number of pyridine rings is 1. The van der Waals surface area contributed by atoms with Gasteiger partial charge in [-0.2, -0.15) is 0 Å². The minimum Gasteiger partial charge on any atom is -0.378 e. The standard InChI is InChI=1S/C16H19N3O2S/c1-12-4-10-22-14(12)16(20)18-11-13-3-2-5-17-15(13)19-6-8-21-9-7-19/h2-5,10H,6-9,11H2,1H3,(H,18,20). The van der Waals surface area contributed by atoms with E-state index < -0.39 is 0 Å². The van der Waals surface area contributed by atoms with Gasteiger partial charge in [0, 0.05) is 31.4 Å². The summed E-state index contributed by atoms with van der Waals surface area (Å²) in [6.07, 6.45) is 1.79. The molecule has 0 aromatic carbocycles. The first-order valence-corrected chi connectivity index (χ1v) is 8.22. The first-order valence-electron chi connectivity index (χ1n) is 7.34. The lowest BCUT2D eigenvalue weighted by atomic mass is 10.2. The maximum atomic E-state index is 12.2. The molecule has 2 aromatic rings. The summed E-state index contributed by atoms with van der Waals surface area (Å²) in [5, 5.41) is 4.93. The second-order valence-electron chi connectivity index (χ2n) is 5.20. The molecule has 1 saturated heterocycles. The normalized spacial score (nSPS) is 14.9. The maximum Gasteiger partial charge on any atom is 0.261 e. The van der Waals surface area contributed by atoms with Gasteiger partial charge in [0.25, 0.3) is 5.91 Å². The molecule has 0 bridgehead atoms. The highest BCUT2D eigenvalue weighted by Crippen LogP contribution is 2.19. The highest BCUT2D eigenvalue weighted by atomic mass is 32.1. The molecule has 3 rings (SSSR count). The number of amides is 1. The van der Waals surface area contributed by atoms with Crippen LogP contribution in [0.3, 0.4) is 0 Å². The number of thiophene rings is 1. The summed E-state index contributed by atoms with van der Waals surface area (Å²) in [5.74, 6) is 0.915. The van der Waals surface area contributed by atoms with Crippen LogP contribution in [0.2, 0.25) is 0 Å². The van der Waals surface area contributed by atoms with E-state index in [2.05, 4.69) is 15.2 Å². The van der Waals surface area contributed by atoms with E-state index in [1.807, 2.05) is 30.5 Å². The van der Waals surface area contributed by atoms with Gasteiger partial charge in [-0.3, -0.25) is 4.79 Å². The summed E-state index contributed by atoms with van der Waals surface area (Å²) in [4.78, 5) is 19.7. The van der Waals surface area contributed by atoms with E-state index in [1.165, 1.54) is 11.3 Å². The van der Waals surface area contributed by atoms with Crippen LogP contribution in [0, 0.1) is 6.92 Å². The SMILES string of the molecule is Cc1ccsc1C(=O)NCc1cccnc1N1CCOCC1. The number of carbonyl (C=O) groups excluding carboxylic acids is 1. The number of hydrogen-bond acceptors (Lipinski definition) is 5. The van der Waals surface area contributed by atoms with Crippen molar-refractivity contribution in [3.63, 3.8) is 0 Å². The van der Waals surface area contributed by atoms with Gasteiger partial charge in [-0.25, -0.2) is 4.98 Å². The Balaban J connectivity index is 1.70. The molecule has 1 aliphatic rings. The van der Waals surface area contributed by atoms with E-state index in [0.717, 1.165) is 48.1 Å². The quantitative estimate of drug-likeness (QED) is 0.939. The number of aryl methyl sites for hydroxylation is 1. The topological polar surface area (TPSA) is 54.5 Å². The van der Waals surface area contributed by atoms with Crippen molar-refractivity contribution in [1.82, 2.24) is 10.3 Å². The van der Waals surface area contributed by atoms with Crippen molar-refractivity contribution in [2.45, 2.75) is 13.5 Å². The minimum absolute atomic E-state index is 0.0238. The van der Waals surface area contributed by atoms with Crippen molar-refractivity contribution < 1.29 is 9.53 Å². The molecule has 1 amide bonds. The van der Waals surface area contributed by atoms with Crippen molar-refractivity contribution in [3.8, 4) is 0 Å². The number of carbonyl (C=O) groups is 1. The Kier molecular flexibility index (Phi) is 4.70. The van der Waals surface area contributed by atoms with Gasteiger partial charge >= 0.3 is 0 Å². The van der Waals surface area contributed by atoms with Crippen LogP contribution < -0.4 is 10.2 Å². The van der Waals surface area contributed by atoms with Gasteiger partial charge < -0.3 is 15.0 Å². The second-order valence-corrected chi connectivity index (χ2v) is 6.12. The maximum absolute atomic E-state index is 12.2. The molecule has 3 heterocycles. The summed E-state index contributed by atoms with van der Waals surface area (Å²) in [6.45, 7) is 5.54. The van der Waals surface area contributed by atoms with Crippen LogP contribution in [-0.2, 0) is 11.3 Å². The largest absolute Gasteiger partial charge is 0.378 e. The molecule has 22 heavy (non-hydrogen) atoms. The van der Waals surface area contributed by atoms with Crippen LogP contribution in [0.15, 0.2) is 29.8 Å². The molecule has 6 heteroatoms. The molecule has 1 fully saturated rings. The van der Waals surface area contributed by atoms with Crippen LogP contribution in [0.5, 0.6) is 0 Å². The third kappa shape index (κ3) is 3.28. The summed E-state index contributed by atoms with van der Waals surface area (Å²) >= 11 is 1.47. The molecule has 0 saturated carbocycles. The molecular formula is C16H19N3O2S. The zero-order valence-corrected chi connectivity index (χ0v) is 13.4. The highest BCUT2D eigenvalue weighted by Gasteiger charge is 2.17. The van der Waals surface area contributed by atoms with Crippen LogP contribution in [0.4, 0.5) is 5.82 Å². The minimum atomic E-state index is -0.0238. The van der Waals surface area contributed by atoms with Crippen molar-refractivity contribution in [2.24, 2.45) is 0 Å². The molecule has 0 unspecified atom stereocenters. The predicted octanol–water partition coefficient (Wildman–Crippen LogP) is 2.22. The molecule has 0 radical (unpaired) electrons. The smallest absolute Gasteiger partial charge is 0.261 e. The second kappa shape index (κ2) is 6.89. The van der Waals surface area contributed by atoms with Gasteiger partial charge in [-0.1, -0.05) is 6.07 Å². The van der Waals surface area contributed by atoms with E-state index in [1.54, 1.807) is 6.20 Å². The monoisotopic (exact) mass is 317 g/mol. The third-order valence-electron chi connectivity index (χ3n) is 3.69. The van der Waals surface area contributed by atoms with Gasteiger partial charge in [0.1, 0.15) is 5.82 Å². The number of ether oxygens (including phenoxy) is 1. The molecule has 0 spiro atoms. The lowest BCUT2D eigenvalue weighted by Crippen LogP contribution is -2.37. The Morgan fingerprint density at radius 1 is 1.41 bits per heavy atom. The predicted molar refractivity (Wildman–Crippen MR) is 87.5 cm³/mol. The van der Waals surface area contributed by atoms with E-state index in [9.17, 15) is 4.79 Å². The zero-order chi connectivity index (χ0) is 15.4. The van der Waals surface area contributed by atoms with Gasteiger partial charge in [-0.05, 0) is 30.0 Å². The van der Waals surface area contributed by atoms with E-state index >= 15 is 0 Å². The van der Waals surface area contributed by atoms with Crippen LogP contribution in [0.25, 0.3) is 0 Å². The molecule has 1 aliphatic heterocycles. The number of nitrogens with zero attached hydrogens (tertiary/aromatic N) is 2.